The third kappa shape index (κ3) is 2.42. The fourth-order valence-electron chi connectivity index (χ4n) is 1.31. The Balaban J connectivity index is 1.83. The van der Waals surface area contributed by atoms with Crippen molar-refractivity contribution in [3.63, 3.8) is 0 Å². The number of aromatic amines is 2. The summed E-state index contributed by atoms with van der Waals surface area (Å²) in [5.41, 5.74) is -0.146. The number of hydrogen-bond donors (Lipinski definition) is 2. The van der Waals surface area contributed by atoms with Crippen LogP contribution in [-0.4, -0.2) is 43.0 Å². The van der Waals surface area contributed by atoms with Crippen molar-refractivity contribution in [3.8, 4) is 0 Å². The van der Waals surface area contributed by atoms with Crippen LogP contribution in [0.4, 0.5) is 5.82 Å². The fraction of sp³-hybridized carbons (Fsp3) is 0.571. The van der Waals surface area contributed by atoms with Gasteiger partial charge in [-0.15, -0.1) is 10.2 Å². The Morgan fingerprint density at radius 3 is 3.00 bits per heavy atom. The third-order valence-electron chi connectivity index (χ3n) is 2.12. The van der Waals surface area contributed by atoms with Gasteiger partial charge in [-0.25, -0.2) is 0 Å². The Kier molecular flexibility index (Phi) is 3.25. The molecule has 0 fully saturated rings. The third-order valence-corrected chi connectivity index (χ3v) is 2.66. The van der Waals surface area contributed by atoms with Gasteiger partial charge >= 0.3 is 5.56 Å². The number of tetrazole rings is 1. The smallest absolute Gasteiger partial charge is 0.302 e. The van der Waals surface area contributed by atoms with Crippen LogP contribution in [0, 0.1) is 0 Å². The molecule has 0 amide bonds. The van der Waals surface area contributed by atoms with Crippen LogP contribution in [0.15, 0.2) is 4.79 Å². The molecule has 0 unspecified atom stereocenters. The molecular formula is C7H11N7OS. The molecule has 0 atom stereocenters. The molecule has 0 aliphatic rings. The van der Waals surface area contributed by atoms with E-state index in [0.717, 1.165) is 31.1 Å². The summed E-state index contributed by atoms with van der Waals surface area (Å²) in [6.45, 7) is 0.724. The molecule has 2 rings (SSSR count). The lowest BCUT2D eigenvalue weighted by atomic mass is 10.3. The molecule has 0 saturated heterocycles. The minimum absolute atomic E-state index is 0.146. The Bertz CT molecular complexity index is 475. The molecule has 2 N–H and O–H groups in total. The lowest BCUT2D eigenvalue weighted by Crippen LogP contribution is -2.24. The zero-order valence-corrected chi connectivity index (χ0v) is 9.49. The van der Waals surface area contributed by atoms with Gasteiger partial charge in [0.1, 0.15) is 0 Å². The van der Waals surface area contributed by atoms with E-state index >= 15 is 0 Å². The summed E-state index contributed by atoms with van der Waals surface area (Å²) >= 11 is 1.06. The summed E-state index contributed by atoms with van der Waals surface area (Å²) in [6, 6.07) is 0. The summed E-state index contributed by atoms with van der Waals surface area (Å²) in [5, 5.41) is 13.6. The summed E-state index contributed by atoms with van der Waals surface area (Å²) < 4.78 is 6.53. The van der Waals surface area contributed by atoms with Gasteiger partial charge in [-0.05, 0) is 6.42 Å². The number of nitrogens with one attached hydrogen (secondary N) is 2. The molecule has 0 spiro atoms. The van der Waals surface area contributed by atoms with Crippen LogP contribution in [-0.2, 0) is 6.42 Å². The Morgan fingerprint density at radius 1 is 1.50 bits per heavy atom. The van der Waals surface area contributed by atoms with Crippen LogP contribution >= 0.6 is 11.7 Å². The average molecular weight is 241 g/mol. The van der Waals surface area contributed by atoms with E-state index in [0.29, 0.717) is 11.6 Å². The van der Waals surface area contributed by atoms with E-state index in [-0.39, 0.29) is 5.56 Å². The monoisotopic (exact) mass is 241 g/mol. The summed E-state index contributed by atoms with van der Waals surface area (Å²) in [4.78, 5) is 13.1. The van der Waals surface area contributed by atoms with E-state index in [1.54, 1.807) is 0 Å². The van der Waals surface area contributed by atoms with Gasteiger partial charge in [0.05, 0.1) is 0 Å². The molecule has 86 valence electrons. The second-order valence-electron chi connectivity index (χ2n) is 3.29. The fourth-order valence-corrected chi connectivity index (χ4v) is 1.83. The van der Waals surface area contributed by atoms with Crippen LogP contribution in [0.3, 0.4) is 0 Å². The van der Waals surface area contributed by atoms with Gasteiger partial charge < -0.3 is 4.90 Å². The van der Waals surface area contributed by atoms with E-state index in [4.69, 9.17) is 0 Å². The van der Waals surface area contributed by atoms with Crippen molar-refractivity contribution in [3.05, 3.63) is 16.2 Å². The van der Waals surface area contributed by atoms with Crippen molar-refractivity contribution in [2.45, 2.75) is 12.8 Å². The molecule has 8 nitrogen and oxygen atoms in total. The maximum atomic E-state index is 11.3. The Hall–Kier alpha value is -1.77. The first-order valence-corrected chi connectivity index (χ1v) is 5.52. The first-order chi connectivity index (χ1) is 7.77. The van der Waals surface area contributed by atoms with Gasteiger partial charge in [0, 0.05) is 31.7 Å². The molecule has 2 heterocycles. The molecule has 16 heavy (non-hydrogen) atoms. The lowest BCUT2D eigenvalue weighted by Gasteiger charge is -2.13. The normalized spacial score (nSPS) is 10.6. The van der Waals surface area contributed by atoms with Crippen LogP contribution < -0.4 is 10.5 Å². The number of H-pyrrole nitrogens is 2. The molecular weight excluding hydrogens is 230 g/mol. The number of aryl methyl sites for hydroxylation is 1. The molecule has 0 radical (unpaired) electrons. The molecule has 0 saturated carbocycles. The highest BCUT2D eigenvalue weighted by atomic mass is 32.1. The molecule has 9 heteroatoms. The first-order valence-electron chi connectivity index (χ1n) is 4.75. The molecule has 2 aromatic heterocycles. The number of anilines is 1. The van der Waals surface area contributed by atoms with Gasteiger partial charge in [-0.3, -0.25) is 9.17 Å². The number of rotatable bonds is 5. The van der Waals surface area contributed by atoms with Crippen molar-refractivity contribution < 1.29 is 0 Å². The summed E-state index contributed by atoms with van der Waals surface area (Å²) in [5.74, 6) is 1.14. The van der Waals surface area contributed by atoms with Gasteiger partial charge in [-0.1, -0.05) is 5.21 Å². The number of hydrogen-bond acceptors (Lipinski definition) is 7. The average Bonchev–Trinajstić information content (AvgIpc) is 2.88. The van der Waals surface area contributed by atoms with E-state index in [9.17, 15) is 4.79 Å². The quantitative estimate of drug-likeness (QED) is 0.725. The minimum Gasteiger partial charge on any atom is -0.354 e. The number of aromatic nitrogens is 6. The van der Waals surface area contributed by atoms with Crippen LogP contribution in [0.1, 0.15) is 12.2 Å². The molecule has 0 aliphatic carbocycles. The topological polar surface area (TPSA) is 103 Å². The Labute approximate surface area is 95.0 Å². The van der Waals surface area contributed by atoms with Crippen molar-refractivity contribution in [2.24, 2.45) is 0 Å². The van der Waals surface area contributed by atoms with Crippen molar-refractivity contribution in [1.82, 2.24) is 29.4 Å². The summed E-state index contributed by atoms with van der Waals surface area (Å²) in [7, 11) is 1.83. The second kappa shape index (κ2) is 4.84. The van der Waals surface area contributed by atoms with E-state index in [2.05, 4.69) is 29.4 Å². The van der Waals surface area contributed by atoms with Crippen LogP contribution in [0.5, 0.6) is 0 Å². The van der Waals surface area contributed by atoms with Crippen LogP contribution in [0.2, 0.25) is 0 Å². The molecule has 2 aromatic rings. The van der Waals surface area contributed by atoms with E-state index < -0.39 is 0 Å². The van der Waals surface area contributed by atoms with Crippen molar-refractivity contribution in [2.75, 3.05) is 18.5 Å². The summed E-state index contributed by atoms with van der Waals surface area (Å²) in [6.07, 6.45) is 1.57. The maximum Gasteiger partial charge on any atom is 0.302 e. The maximum absolute atomic E-state index is 11.3. The van der Waals surface area contributed by atoms with E-state index in [1.807, 2.05) is 11.9 Å². The van der Waals surface area contributed by atoms with Gasteiger partial charge in [-0.2, -0.15) is 9.59 Å². The van der Waals surface area contributed by atoms with Crippen molar-refractivity contribution in [1.29, 1.82) is 0 Å². The lowest BCUT2D eigenvalue weighted by molar-refractivity contribution is 0.747. The Morgan fingerprint density at radius 2 is 2.38 bits per heavy atom. The highest BCUT2D eigenvalue weighted by Gasteiger charge is 2.08. The second-order valence-corrected chi connectivity index (χ2v) is 3.86. The zero-order valence-electron chi connectivity index (χ0n) is 8.67. The minimum atomic E-state index is -0.146. The SMILES string of the molecule is CN(CCCc1nn[nH]n1)c1ns[nH]c1=O. The number of nitrogens with zero attached hydrogens (tertiary/aromatic N) is 5. The standard InChI is InChI=1S/C7H11N7OS/c1-14(6-7(15)11-16-10-6)4-2-3-5-8-12-13-9-5/h2-4H2,1H3,(H,11,15)(H,8,9,12,13). The predicted octanol–water partition coefficient (Wildman–Crippen LogP) is -0.587. The largest absolute Gasteiger partial charge is 0.354 e. The van der Waals surface area contributed by atoms with Crippen LogP contribution in [0.25, 0.3) is 0 Å². The predicted molar refractivity (Wildman–Crippen MR) is 58.5 cm³/mol. The van der Waals surface area contributed by atoms with E-state index in [1.165, 1.54) is 0 Å². The van der Waals surface area contributed by atoms with Gasteiger partial charge in [0.25, 0.3) is 0 Å². The highest BCUT2D eigenvalue weighted by molar-refractivity contribution is 6.99. The molecule has 0 aromatic carbocycles. The van der Waals surface area contributed by atoms with Gasteiger partial charge in [0.2, 0.25) is 5.82 Å². The first kappa shape index (κ1) is 10.7. The zero-order chi connectivity index (χ0) is 11.4. The molecule has 0 aliphatic heterocycles. The highest BCUT2D eigenvalue weighted by Crippen LogP contribution is 2.03. The molecule has 0 bridgehead atoms. The van der Waals surface area contributed by atoms with Gasteiger partial charge in [0.15, 0.2) is 5.82 Å². The van der Waals surface area contributed by atoms with Crippen molar-refractivity contribution >= 4 is 17.5 Å².